The zero-order valence-corrected chi connectivity index (χ0v) is 8.72. The molecule has 3 heteroatoms. The molecule has 2 rings (SSSR count). The molecule has 1 aromatic rings. The zero-order valence-electron chi connectivity index (χ0n) is 7.96. The van der Waals surface area contributed by atoms with Gasteiger partial charge in [-0.1, -0.05) is 23.7 Å². The minimum atomic E-state index is 0.0135. The Kier molecular flexibility index (Phi) is 2.77. The van der Waals surface area contributed by atoms with Gasteiger partial charge >= 0.3 is 0 Å². The van der Waals surface area contributed by atoms with Crippen molar-refractivity contribution in [3.63, 3.8) is 0 Å². The maximum absolute atomic E-state index is 9.10. The number of halogens is 1. The van der Waals surface area contributed by atoms with Crippen molar-refractivity contribution in [2.24, 2.45) is 0 Å². The Morgan fingerprint density at radius 1 is 1.29 bits per heavy atom. The Morgan fingerprint density at radius 2 is 1.93 bits per heavy atom. The van der Waals surface area contributed by atoms with Gasteiger partial charge in [0.05, 0.1) is 6.61 Å². The molecule has 0 amide bonds. The highest BCUT2D eigenvalue weighted by Crippen LogP contribution is 2.34. The quantitative estimate of drug-likeness (QED) is 0.798. The van der Waals surface area contributed by atoms with Gasteiger partial charge in [-0.25, -0.2) is 0 Å². The van der Waals surface area contributed by atoms with E-state index in [1.165, 1.54) is 5.56 Å². The van der Waals surface area contributed by atoms with Gasteiger partial charge in [-0.2, -0.15) is 0 Å². The van der Waals surface area contributed by atoms with E-state index < -0.39 is 0 Å². The van der Waals surface area contributed by atoms with Crippen molar-refractivity contribution in [3.8, 4) is 0 Å². The van der Waals surface area contributed by atoms with Gasteiger partial charge in [0.1, 0.15) is 0 Å². The van der Waals surface area contributed by atoms with Crippen molar-refractivity contribution in [2.75, 3.05) is 6.61 Å². The van der Waals surface area contributed by atoms with Crippen LogP contribution >= 0.6 is 11.6 Å². The molecule has 1 aliphatic rings. The molecule has 0 radical (unpaired) electrons. The molecule has 0 atom stereocenters. The Hall–Kier alpha value is -0.570. The van der Waals surface area contributed by atoms with E-state index in [-0.39, 0.29) is 12.1 Å². The molecule has 0 saturated heterocycles. The van der Waals surface area contributed by atoms with Crippen LogP contribution in [0.3, 0.4) is 0 Å². The van der Waals surface area contributed by atoms with Crippen molar-refractivity contribution >= 4 is 11.6 Å². The minimum Gasteiger partial charge on any atom is -0.394 e. The first-order valence-corrected chi connectivity index (χ1v) is 5.22. The fraction of sp³-hybridized carbons (Fsp3) is 0.455. The van der Waals surface area contributed by atoms with Gasteiger partial charge in [0.25, 0.3) is 0 Å². The molecule has 2 N–H and O–H groups in total. The molecule has 1 aliphatic carbocycles. The molecule has 0 aliphatic heterocycles. The summed E-state index contributed by atoms with van der Waals surface area (Å²) in [6.45, 7) is 1.04. The van der Waals surface area contributed by atoms with Crippen molar-refractivity contribution in [1.82, 2.24) is 5.32 Å². The molecule has 1 saturated carbocycles. The van der Waals surface area contributed by atoms with Crippen LogP contribution in [0.5, 0.6) is 0 Å². The van der Waals surface area contributed by atoms with Crippen molar-refractivity contribution in [1.29, 1.82) is 0 Å². The maximum atomic E-state index is 9.10. The smallest absolute Gasteiger partial charge is 0.0613 e. The lowest BCUT2D eigenvalue weighted by Gasteiger charge is -2.13. The molecule has 0 bridgehead atoms. The number of benzene rings is 1. The first-order chi connectivity index (χ1) is 6.74. The normalized spacial score (nSPS) is 18.1. The van der Waals surface area contributed by atoms with Gasteiger partial charge in [-0.3, -0.25) is 0 Å². The van der Waals surface area contributed by atoms with E-state index in [9.17, 15) is 0 Å². The number of aliphatic hydroxyl groups excluding tert-OH is 1. The van der Waals surface area contributed by atoms with Gasteiger partial charge in [-0.15, -0.1) is 0 Å². The monoisotopic (exact) mass is 211 g/mol. The standard InChI is InChI=1S/C11H14ClNO/c12-10-3-1-9(2-4-10)7-13-11(8-14)5-6-11/h1-4,13-14H,5-8H2. The van der Waals surface area contributed by atoms with Gasteiger partial charge in [0.2, 0.25) is 0 Å². The molecule has 1 aromatic carbocycles. The van der Waals surface area contributed by atoms with E-state index in [2.05, 4.69) is 5.32 Å². The Balaban J connectivity index is 1.89. The van der Waals surface area contributed by atoms with E-state index in [1.807, 2.05) is 24.3 Å². The van der Waals surface area contributed by atoms with Crippen LogP contribution in [0.2, 0.25) is 5.02 Å². The summed E-state index contributed by atoms with van der Waals surface area (Å²) in [5.41, 5.74) is 1.22. The Morgan fingerprint density at radius 3 is 2.43 bits per heavy atom. The Bertz CT molecular complexity index is 306. The molecule has 0 spiro atoms. The highest BCUT2D eigenvalue weighted by molar-refractivity contribution is 6.30. The third kappa shape index (κ3) is 2.27. The molecule has 0 aromatic heterocycles. The summed E-state index contributed by atoms with van der Waals surface area (Å²) in [6, 6.07) is 7.78. The van der Waals surface area contributed by atoms with Crippen LogP contribution in [-0.2, 0) is 6.54 Å². The number of hydrogen-bond acceptors (Lipinski definition) is 2. The van der Waals surface area contributed by atoms with Crippen LogP contribution < -0.4 is 5.32 Å². The lowest BCUT2D eigenvalue weighted by Crippen LogP contribution is -2.34. The summed E-state index contributed by atoms with van der Waals surface area (Å²) in [6.07, 6.45) is 2.16. The summed E-state index contributed by atoms with van der Waals surface area (Å²) in [5, 5.41) is 13.2. The number of rotatable bonds is 4. The molecule has 2 nitrogen and oxygen atoms in total. The average Bonchev–Trinajstić information content (AvgIpc) is 2.98. The highest BCUT2D eigenvalue weighted by Gasteiger charge is 2.41. The maximum Gasteiger partial charge on any atom is 0.0613 e. The van der Waals surface area contributed by atoms with E-state index in [0.717, 1.165) is 24.4 Å². The summed E-state index contributed by atoms with van der Waals surface area (Å²) in [5.74, 6) is 0. The molecule has 0 heterocycles. The van der Waals surface area contributed by atoms with Crippen molar-refractivity contribution < 1.29 is 5.11 Å². The minimum absolute atomic E-state index is 0.0135. The lowest BCUT2D eigenvalue weighted by molar-refractivity contribution is 0.229. The van der Waals surface area contributed by atoms with Gasteiger partial charge in [0.15, 0.2) is 0 Å². The van der Waals surface area contributed by atoms with Crippen LogP contribution in [0.1, 0.15) is 18.4 Å². The highest BCUT2D eigenvalue weighted by atomic mass is 35.5. The molecular weight excluding hydrogens is 198 g/mol. The fourth-order valence-corrected chi connectivity index (χ4v) is 1.56. The molecule has 0 unspecified atom stereocenters. The topological polar surface area (TPSA) is 32.3 Å². The van der Waals surface area contributed by atoms with Crippen LogP contribution in [0.15, 0.2) is 24.3 Å². The van der Waals surface area contributed by atoms with Gasteiger partial charge in [-0.05, 0) is 30.5 Å². The van der Waals surface area contributed by atoms with E-state index in [4.69, 9.17) is 16.7 Å². The van der Waals surface area contributed by atoms with Crippen molar-refractivity contribution in [3.05, 3.63) is 34.9 Å². The first-order valence-electron chi connectivity index (χ1n) is 4.84. The second-order valence-corrected chi connectivity index (χ2v) is 4.35. The third-order valence-electron chi connectivity index (χ3n) is 2.74. The second kappa shape index (κ2) is 3.89. The number of nitrogens with one attached hydrogen (secondary N) is 1. The molecule has 14 heavy (non-hydrogen) atoms. The van der Waals surface area contributed by atoms with Crippen LogP contribution in [-0.4, -0.2) is 17.3 Å². The fourth-order valence-electron chi connectivity index (χ4n) is 1.43. The van der Waals surface area contributed by atoms with Crippen LogP contribution in [0.4, 0.5) is 0 Å². The SMILES string of the molecule is OCC1(NCc2ccc(Cl)cc2)CC1. The van der Waals surface area contributed by atoms with Gasteiger partial charge < -0.3 is 10.4 Å². The lowest BCUT2D eigenvalue weighted by atomic mass is 10.2. The summed E-state index contributed by atoms with van der Waals surface area (Å²) < 4.78 is 0. The van der Waals surface area contributed by atoms with Crippen LogP contribution in [0, 0.1) is 0 Å². The zero-order chi connectivity index (χ0) is 10.0. The third-order valence-corrected chi connectivity index (χ3v) is 2.99. The predicted octanol–water partition coefficient (Wildman–Crippen LogP) is 1.95. The second-order valence-electron chi connectivity index (χ2n) is 3.92. The predicted molar refractivity (Wildman–Crippen MR) is 57.3 cm³/mol. The summed E-state index contributed by atoms with van der Waals surface area (Å²) in [7, 11) is 0. The number of hydrogen-bond donors (Lipinski definition) is 2. The van der Waals surface area contributed by atoms with Gasteiger partial charge in [0, 0.05) is 17.1 Å². The summed E-state index contributed by atoms with van der Waals surface area (Å²) in [4.78, 5) is 0. The first kappa shape index (κ1) is 9.97. The molecular formula is C11H14ClNO. The summed E-state index contributed by atoms with van der Waals surface area (Å²) >= 11 is 5.78. The molecule has 76 valence electrons. The van der Waals surface area contributed by atoms with Crippen LogP contribution in [0.25, 0.3) is 0 Å². The Labute approximate surface area is 88.9 Å². The van der Waals surface area contributed by atoms with E-state index in [0.29, 0.717) is 0 Å². The average molecular weight is 212 g/mol. The van der Waals surface area contributed by atoms with Crippen molar-refractivity contribution in [2.45, 2.75) is 24.9 Å². The van der Waals surface area contributed by atoms with E-state index in [1.54, 1.807) is 0 Å². The largest absolute Gasteiger partial charge is 0.394 e. The van der Waals surface area contributed by atoms with E-state index >= 15 is 0 Å². The number of aliphatic hydroxyl groups is 1. The molecule has 1 fully saturated rings.